The molecule has 0 atom stereocenters. The van der Waals surface area contributed by atoms with Crippen LogP contribution in [0.1, 0.15) is 28.5 Å². The largest absolute Gasteiger partial charge is 0.418 e. The third-order valence-corrected chi connectivity index (χ3v) is 5.04. The summed E-state index contributed by atoms with van der Waals surface area (Å²) in [6.07, 6.45) is -3.23. The molecular weight excluding hydrogens is 445 g/mol. The minimum Gasteiger partial charge on any atom is -0.329 e. The highest BCUT2D eigenvalue weighted by molar-refractivity contribution is 6.30. The second-order valence-corrected chi connectivity index (χ2v) is 7.38. The van der Waals surface area contributed by atoms with E-state index in [1.54, 1.807) is 42.8 Å². The SMILES string of the molecule is CCN(CC(=O)Nc1ccccc1C(F)(F)F)C(=O)c1cnn(-c2cccc(Cl)c2)c1C. The molecule has 0 aliphatic carbocycles. The number of anilines is 1. The van der Waals surface area contributed by atoms with Crippen molar-refractivity contribution in [1.82, 2.24) is 14.7 Å². The molecule has 1 N–H and O–H groups in total. The zero-order chi connectivity index (χ0) is 23.5. The van der Waals surface area contributed by atoms with E-state index in [-0.39, 0.29) is 17.8 Å². The van der Waals surface area contributed by atoms with Crippen LogP contribution in [0.5, 0.6) is 0 Å². The van der Waals surface area contributed by atoms with Crippen molar-refractivity contribution in [2.45, 2.75) is 20.0 Å². The summed E-state index contributed by atoms with van der Waals surface area (Å²) < 4.78 is 41.0. The lowest BCUT2D eigenvalue weighted by molar-refractivity contribution is -0.137. The van der Waals surface area contributed by atoms with Gasteiger partial charge >= 0.3 is 6.18 Å². The number of alkyl halides is 3. The Balaban J connectivity index is 1.77. The van der Waals surface area contributed by atoms with Crippen LogP contribution < -0.4 is 5.32 Å². The summed E-state index contributed by atoms with van der Waals surface area (Å²) in [6.45, 7) is 3.14. The molecule has 2 amide bonds. The summed E-state index contributed by atoms with van der Waals surface area (Å²) in [5.41, 5.74) is 0.160. The van der Waals surface area contributed by atoms with Gasteiger partial charge in [0.15, 0.2) is 0 Å². The van der Waals surface area contributed by atoms with Crippen molar-refractivity contribution in [2.24, 2.45) is 0 Å². The Morgan fingerprint density at radius 2 is 1.88 bits per heavy atom. The van der Waals surface area contributed by atoms with Crippen LogP contribution in [-0.4, -0.2) is 39.6 Å². The lowest BCUT2D eigenvalue weighted by Crippen LogP contribution is -2.38. The van der Waals surface area contributed by atoms with Gasteiger partial charge in [0.25, 0.3) is 5.91 Å². The number of likely N-dealkylation sites (N-methyl/N-ethyl adjacent to an activating group) is 1. The number of rotatable bonds is 6. The molecule has 0 fully saturated rings. The number of amides is 2. The number of carbonyl (C=O) groups excluding carboxylic acids is 2. The van der Waals surface area contributed by atoms with Crippen LogP contribution in [0.2, 0.25) is 5.02 Å². The lowest BCUT2D eigenvalue weighted by Gasteiger charge is -2.21. The predicted octanol–water partition coefficient (Wildman–Crippen LogP) is 4.95. The Labute approximate surface area is 187 Å². The Kier molecular flexibility index (Phi) is 6.88. The molecule has 1 heterocycles. The fraction of sp³-hybridized carbons (Fsp3) is 0.227. The van der Waals surface area contributed by atoms with Crippen molar-refractivity contribution in [1.29, 1.82) is 0 Å². The molecule has 1 aromatic heterocycles. The van der Waals surface area contributed by atoms with E-state index in [4.69, 9.17) is 11.6 Å². The molecule has 0 aliphatic heterocycles. The number of benzene rings is 2. The van der Waals surface area contributed by atoms with Crippen LogP contribution in [0, 0.1) is 6.92 Å². The summed E-state index contributed by atoms with van der Waals surface area (Å²) in [5.74, 6) is -1.20. The standard InChI is InChI=1S/C22H20ClF3N4O2/c1-3-29(13-20(31)28-19-10-5-4-9-18(19)22(24,25)26)21(32)17-12-27-30(14(17)2)16-8-6-7-15(23)11-16/h4-12H,3,13H2,1-2H3,(H,28,31). The Morgan fingerprint density at radius 3 is 2.53 bits per heavy atom. The maximum absolute atomic E-state index is 13.2. The van der Waals surface area contributed by atoms with Crippen molar-refractivity contribution in [3.8, 4) is 5.69 Å². The van der Waals surface area contributed by atoms with Crippen molar-refractivity contribution in [3.63, 3.8) is 0 Å². The molecule has 0 saturated carbocycles. The second kappa shape index (κ2) is 9.44. The van der Waals surface area contributed by atoms with E-state index in [1.807, 2.05) is 0 Å². The minimum atomic E-state index is -4.61. The molecule has 0 saturated heterocycles. The fourth-order valence-corrected chi connectivity index (χ4v) is 3.37. The van der Waals surface area contributed by atoms with Crippen LogP contribution in [0.4, 0.5) is 18.9 Å². The van der Waals surface area contributed by atoms with Gasteiger partial charge in [-0.3, -0.25) is 9.59 Å². The van der Waals surface area contributed by atoms with E-state index in [0.29, 0.717) is 16.4 Å². The molecule has 0 aliphatic rings. The van der Waals surface area contributed by atoms with Gasteiger partial charge < -0.3 is 10.2 Å². The smallest absolute Gasteiger partial charge is 0.329 e. The Bertz CT molecular complexity index is 1140. The van der Waals surface area contributed by atoms with Gasteiger partial charge in [0.05, 0.1) is 34.4 Å². The third kappa shape index (κ3) is 5.11. The van der Waals surface area contributed by atoms with Gasteiger partial charge in [-0.05, 0) is 44.2 Å². The first-order chi connectivity index (χ1) is 15.1. The zero-order valence-electron chi connectivity index (χ0n) is 17.3. The number of nitrogens with zero attached hydrogens (tertiary/aromatic N) is 3. The van der Waals surface area contributed by atoms with E-state index in [9.17, 15) is 22.8 Å². The summed E-state index contributed by atoms with van der Waals surface area (Å²) in [6, 6.07) is 11.6. The normalized spacial score (nSPS) is 11.3. The molecule has 0 unspecified atom stereocenters. The van der Waals surface area contributed by atoms with Crippen LogP contribution in [-0.2, 0) is 11.0 Å². The lowest BCUT2D eigenvalue weighted by atomic mass is 10.1. The molecule has 3 rings (SSSR count). The van der Waals surface area contributed by atoms with Gasteiger partial charge in [0, 0.05) is 11.6 Å². The molecule has 6 nitrogen and oxygen atoms in total. The van der Waals surface area contributed by atoms with Gasteiger partial charge in [-0.15, -0.1) is 0 Å². The molecule has 32 heavy (non-hydrogen) atoms. The van der Waals surface area contributed by atoms with Crippen molar-refractivity contribution in [3.05, 3.63) is 76.6 Å². The quantitative estimate of drug-likeness (QED) is 0.561. The maximum Gasteiger partial charge on any atom is 0.418 e. The van der Waals surface area contributed by atoms with Crippen LogP contribution >= 0.6 is 11.6 Å². The number of para-hydroxylation sites is 1. The van der Waals surface area contributed by atoms with Crippen LogP contribution in [0.25, 0.3) is 5.69 Å². The summed E-state index contributed by atoms with van der Waals surface area (Å²) in [7, 11) is 0. The van der Waals surface area contributed by atoms with Crippen LogP contribution in [0.15, 0.2) is 54.7 Å². The second-order valence-electron chi connectivity index (χ2n) is 6.95. The molecule has 10 heteroatoms. The Hall–Kier alpha value is -3.33. The molecule has 0 spiro atoms. The van der Waals surface area contributed by atoms with Crippen LogP contribution in [0.3, 0.4) is 0 Å². The maximum atomic E-state index is 13.2. The Morgan fingerprint density at radius 1 is 1.16 bits per heavy atom. The third-order valence-electron chi connectivity index (χ3n) is 4.80. The van der Waals surface area contributed by atoms with E-state index in [1.165, 1.54) is 23.2 Å². The number of aromatic nitrogens is 2. The van der Waals surface area contributed by atoms with Crippen molar-refractivity contribution < 1.29 is 22.8 Å². The highest BCUT2D eigenvalue weighted by atomic mass is 35.5. The predicted molar refractivity (Wildman–Crippen MR) is 115 cm³/mol. The molecule has 2 aromatic carbocycles. The van der Waals surface area contributed by atoms with E-state index < -0.39 is 30.1 Å². The van der Waals surface area contributed by atoms with Gasteiger partial charge in [0.1, 0.15) is 6.54 Å². The van der Waals surface area contributed by atoms with Crippen molar-refractivity contribution >= 4 is 29.1 Å². The van der Waals surface area contributed by atoms with Gasteiger partial charge in [0.2, 0.25) is 5.91 Å². The molecule has 0 bridgehead atoms. The topological polar surface area (TPSA) is 67.2 Å². The highest BCUT2D eigenvalue weighted by Gasteiger charge is 2.33. The average molecular weight is 465 g/mol. The first-order valence-corrected chi connectivity index (χ1v) is 10.1. The summed E-state index contributed by atoms with van der Waals surface area (Å²) >= 11 is 6.02. The van der Waals surface area contributed by atoms with Gasteiger partial charge in [-0.1, -0.05) is 29.8 Å². The number of hydrogen-bond acceptors (Lipinski definition) is 3. The minimum absolute atomic E-state index is 0.176. The molecule has 0 radical (unpaired) electrons. The number of nitrogens with one attached hydrogen (secondary N) is 1. The monoisotopic (exact) mass is 464 g/mol. The fourth-order valence-electron chi connectivity index (χ4n) is 3.19. The van der Waals surface area contributed by atoms with E-state index >= 15 is 0 Å². The first-order valence-electron chi connectivity index (χ1n) is 9.67. The summed E-state index contributed by atoms with van der Waals surface area (Å²) in [4.78, 5) is 26.7. The highest BCUT2D eigenvalue weighted by Crippen LogP contribution is 2.34. The first kappa shape index (κ1) is 23.3. The van der Waals surface area contributed by atoms with Gasteiger partial charge in [-0.2, -0.15) is 18.3 Å². The molecule has 3 aromatic rings. The molecule has 168 valence electrons. The summed E-state index contributed by atoms with van der Waals surface area (Å²) in [5, 5.41) is 7.00. The molecular formula is C22H20ClF3N4O2. The number of halogens is 4. The van der Waals surface area contributed by atoms with Crippen molar-refractivity contribution in [2.75, 3.05) is 18.4 Å². The van der Waals surface area contributed by atoms with E-state index in [0.717, 1.165) is 12.1 Å². The number of carbonyl (C=O) groups is 2. The van der Waals surface area contributed by atoms with E-state index in [2.05, 4.69) is 10.4 Å². The zero-order valence-corrected chi connectivity index (χ0v) is 18.0. The average Bonchev–Trinajstić information content (AvgIpc) is 3.12. The number of hydrogen-bond donors (Lipinski definition) is 1. The van der Waals surface area contributed by atoms with Gasteiger partial charge in [-0.25, -0.2) is 4.68 Å².